The summed E-state index contributed by atoms with van der Waals surface area (Å²) in [7, 11) is 1.74. The van der Waals surface area contributed by atoms with Gasteiger partial charge >= 0.3 is 6.09 Å². The number of carboxylic acid groups (broad SMARTS) is 1. The molecule has 2 heterocycles. The first-order valence-corrected chi connectivity index (χ1v) is 13.7. The molecule has 0 aliphatic carbocycles. The Bertz CT molecular complexity index is 1430. The van der Waals surface area contributed by atoms with E-state index < -0.39 is 11.9 Å². The molecule has 0 saturated heterocycles. The van der Waals surface area contributed by atoms with Crippen LogP contribution < -0.4 is 25.8 Å². The number of rotatable bonds is 5. The summed E-state index contributed by atoms with van der Waals surface area (Å²) in [6, 6.07) is 18.2. The zero-order valence-electron chi connectivity index (χ0n) is 23.4. The molecule has 0 radical (unpaired) electrons. The minimum absolute atomic E-state index is 0.0642. The Morgan fingerprint density at radius 3 is 2.49 bits per heavy atom. The van der Waals surface area contributed by atoms with E-state index in [1.165, 1.54) is 22.6 Å². The molecule has 0 atom stereocenters. The van der Waals surface area contributed by atoms with Gasteiger partial charge in [-0.2, -0.15) is 0 Å². The summed E-state index contributed by atoms with van der Waals surface area (Å²) in [6.45, 7) is 3.83. The molecule has 0 unspecified atom stereocenters. The fourth-order valence-corrected chi connectivity index (χ4v) is 5.17. The molecular formula is C31H36FN5O4. The highest BCUT2D eigenvalue weighted by Gasteiger charge is 2.34. The van der Waals surface area contributed by atoms with Crippen molar-refractivity contribution in [1.29, 1.82) is 0 Å². The van der Waals surface area contributed by atoms with Crippen molar-refractivity contribution in [3.63, 3.8) is 0 Å². The van der Waals surface area contributed by atoms with Gasteiger partial charge in [0.15, 0.2) is 0 Å². The molecule has 216 valence electrons. The van der Waals surface area contributed by atoms with Crippen LogP contribution in [-0.4, -0.2) is 56.2 Å². The molecule has 3 aromatic carbocycles. The summed E-state index contributed by atoms with van der Waals surface area (Å²) < 4.78 is 13.8. The highest BCUT2D eigenvalue weighted by atomic mass is 19.1. The molecule has 10 heteroatoms. The number of nitrogens with one attached hydrogen (secondary N) is 1. The topological polar surface area (TPSA) is 119 Å². The van der Waals surface area contributed by atoms with Gasteiger partial charge in [0.1, 0.15) is 18.0 Å². The molecule has 2 aliphatic rings. The Balaban J connectivity index is 0.000000191. The molecule has 0 bridgehead atoms. The van der Waals surface area contributed by atoms with Crippen LogP contribution in [0.2, 0.25) is 0 Å². The molecule has 0 saturated carbocycles. The summed E-state index contributed by atoms with van der Waals surface area (Å²) in [6.07, 6.45) is 1.88. The predicted molar refractivity (Wildman–Crippen MR) is 158 cm³/mol. The van der Waals surface area contributed by atoms with E-state index >= 15 is 0 Å². The molecule has 5 rings (SSSR count). The number of fused-ring (bicyclic) bond motifs is 2. The van der Waals surface area contributed by atoms with Crippen LogP contribution in [0.4, 0.5) is 26.2 Å². The maximum atomic E-state index is 13.8. The number of nitrogens with two attached hydrogens (primary N) is 1. The summed E-state index contributed by atoms with van der Waals surface area (Å²) in [5, 5.41) is 12.0. The third-order valence-corrected chi connectivity index (χ3v) is 7.35. The maximum Gasteiger partial charge on any atom is 0.412 e. The number of nitrogens with zero attached hydrogens (tertiary/aromatic N) is 3. The molecule has 9 nitrogen and oxygen atoms in total. The average Bonchev–Trinajstić information content (AvgIpc) is 3.19. The van der Waals surface area contributed by atoms with Crippen molar-refractivity contribution in [1.82, 2.24) is 5.32 Å². The molecule has 4 N–H and O–H groups in total. The van der Waals surface area contributed by atoms with Gasteiger partial charge in [-0.1, -0.05) is 30.3 Å². The Labute approximate surface area is 239 Å². The predicted octanol–water partition coefficient (Wildman–Crippen LogP) is 4.31. The maximum absolute atomic E-state index is 13.8. The standard InChI is InChI=1S/C19H22N2O.C12H14FN3O3/c1-14-12-16(9-10-17(14)13-20)19(22)21-11-5-4-7-15-6-2-3-8-18(15)21;1-14-5-6-15-9-4-2-3-8(13)11(9)16(12(18)19)7-10(15)17/h2-3,6,8-10,12H,4-5,7,11,13,20H2,1H3;2-4,14H,5-7H2,1H3,(H,18,19). The normalized spacial score (nSPS) is 14.4. The number of hydrogen-bond acceptors (Lipinski definition) is 5. The van der Waals surface area contributed by atoms with Crippen molar-refractivity contribution < 1.29 is 23.9 Å². The minimum atomic E-state index is -1.34. The number of hydrogen-bond donors (Lipinski definition) is 3. The van der Waals surface area contributed by atoms with Crippen LogP contribution in [0.5, 0.6) is 0 Å². The number of aryl methyl sites for hydroxylation is 2. The third kappa shape index (κ3) is 6.55. The molecule has 0 spiro atoms. The second kappa shape index (κ2) is 13.4. The molecule has 0 aromatic heterocycles. The van der Waals surface area contributed by atoms with Crippen LogP contribution >= 0.6 is 0 Å². The van der Waals surface area contributed by atoms with Crippen molar-refractivity contribution in [3.8, 4) is 0 Å². The Morgan fingerprint density at radius 2 is 1.78 bits per heavy atom. The second-order valence-corrected chi connectivity index (χ2v) is 10.0. The lowest BCUT2D eigenvalue weighted by molar-refractivity contribution is -0.117. The van der Waals surface area contributed by atoms with E-state index in [1.807, 2.05) is 42.2 Å². The quantitative estimate of drug-likeness (QED) is 0.427. The van der Waals surface area contributed by atoms with Crippen molar-refractivity contribution in [2.24, 2.45) is 5.73 Å². The fraction of sp³-hybridized carbons (Fsp3) is 0.323. The SMILES string of the molecule is CNCCN1C(=O)CN(C(=O)O)c2c(F)cccc21.Cc1cc(C(=O)N2CCCCc3ccccc32)ccc1CN. The summed E-state index contributed by atoms with van der Waals surface area (Å²) in [5.74, 6) is -0.932. The van der Waals surface area contributed by atoms with Crippen molar-refractivity contribution >= 4 is 35.0 Å². The van der Waals surface area contributed by atoms with E-state index in [4.69, 9.17) is 10.8 Å². The van der Waals surface area contributed by atoms with E-state index in [0.717, 1.165) is 53.1 Å². The van der Waals surface area contributed by atoms with Gasteiger partial charge in [-0.25, -0.2) is 9.18 Å². The largest absolute Gasteiger partial charge is 0.465 e. The molecule has 2 aliphatic heterocycles. The lowest BCUT2D eigenvalue weighted by Crippen LogP contribution is -2.49. The van der Waals surface area contributed by atoms with E-state index in [-0.39, 0.29) is 29.7 Å². The number of halogens is 1. The highest BCUT2D eigenvalue weighted by molar-refractivity contribution is 6.09. The van der Waals surface area contributed by atoms with Gasteiger partial charge in [-0.15, -0.1) is 0 Å². The van der Waals surface area contributed by atoms with Gasteiger partial charge in [0.2, 0.25) is 5.91 Å². The summed E-state index contributed by atoms with van der Waals surface area (Å²) in [4.78, 5) is 40.1. The van der Waals surface area contributed by atoms with Crippen molar-refractivity contribution in [3.05, 3.63) is 88.7 Å². The van der Waals surface area contributed by atoms with Crippen LogP contribution in [0, 0.1) is 12.7 Å². The van der Waals surface area contributed by atoms with Gasteiger partial charge in [0.25, 0.3) is 5.91 Å². The Hall–Kier alpha value is -4.28. The first-order chi connectivity index (χ1) is 19.8. The number of carbonyl (C=O) groups is 3. The number of para-hydroxylation sites is 2. The zero-order valence-corrected chi connectivity index (χ0v) is 23.4. The van der Waals surface area contributed by atoms with Crippen LogP contribution in [0.1, 0.15) is 39.9 Å². The number of benzene rings is 3. The lowest BCUT2D eigenvalue weighted by Gasteiger charge is -2.34. The highest BCUT2D eigenvalue weighted by Crippen LogP contribution is 2.35. The smallest absolute Gasteiger partial charge is 0.412 e. The number of likely N-dealkylation sites (N-methyl/N-ethyl adjacent to an activating group) is 1. The van der Waals surface area contributed by atoms with Gasteiger partial charge in [0.05, 0.1) is 5.69 Å². The van der Waals surface area contributed by atoms with Gasteiger partial charge in [0, 0.05) is 37.4 Å². The van der Waals surface area contributed by atoms with Crippen molar-refractivity contribution in [2.75, 3.05) is 47.9 Å². The summed E-state index contributed by atoms with van der Waals surface area (Å²) in [5.41, 5.74) is 11.2. The average molecular weight is 562 g/mol. The molecule has 41 heavy (non-hydrogen) atoms. The molecular weight excluding hydrogens is 525 g/mol. The number of amides is 3. The molecule has 3 amide bonds. The van der Waals surface area contributed by atoms with Crippen LogP contribution in [0.15, 0.2) is 60.7 Å². The van der Waals surface area contributed by atoms with E-state index in [0.29, 0.717) is 19.6 Å². The monoisotopic (exact) mass is 561 g/mol. The Morgan fingerprint density at radius 1 is 1.02 bits per heavy atom. The van der Waals surface area contributed by atoms with Crippen LogP contribution in [-0.2, 0) is 17.8 Å². The molecule has 0 fully saturated rings. The van der Waals surface area contributed by atoms with E-state index in [1.54, 1.807) is 13.1 Å². The fourth-order valence-electron chi connectivity index (χ4n) is 5.17. The zero-order chi connectivity index (χ0) is 29.5. The first-order valence-electron chi connectivity index (χ1n) is 13.7. The van der Waals surface area contributed by atoms with Gasteiger partial charge in [-0.05, 0) is 80.3 Å². The molecule has 3 aromatic rings. The van der Waals surface area contributed by atoms with Crippen LogP contribution in [0.25, 0.3) is 0 Å². The first kappa shape index (κ1) is 29.7. The van der Waals surface area contributed by atoms with E-state index in [9.17, 15) is 18.8 Å². The Kier molecular flexibility index (Phi) is 9.69. The lowest BCUT2D eigenvalue weighted by atomic mass is 10.0. The van der Waals surface area contributed by atoms with E-state index in [2.05, 4.69) is 17.4 Å². The second-order valence-electron chi connectivity index (χ2n) is 10.0. The van der Waals surface area contributed by atoms with Crippen LogP contribution in [0.3, 0.4) is 0 Å². The van der Waals surface area contributed by atoms with Crippen molar-refractivity contribution in [2.45, 2.75) is 32.7 Å². The minimum Gasteiger partial charge on any atom is -0.465 e. The van der Waals surface area contributed by atoms with Gasteiger partial charge < -0.3 is 26.0 Å². The summed E-state index contributed by atoms with van der Waals surface area (Å²) >= 11 is 0. The number of carbonyl (C=O) groups excluding carboxylic acids is 2. The number of anilines is 3. The third-order valence-electron chi connectivity index (χ3n) is 7.35. The van der Waals surface area contributed by atoms with Gasteiger partial charge in [-0.3, -0.25) is 14.5 Å².